The molecule has 2 aliphatic carbocycles. The summed E-state index contributed by atoms with van der Waals surface area (Å²) in [5.74, 6) is 0.418. The molecule has 1 saturated heterocycles. The van der Waals surface area contributed by atoms with Gasteiger partial charge in [0.2, 0.25) is 10.0 Å². The van der Waals surface area contributed by atoms with Crippen molar-refractivity contribution >= 4 is 10.0 Å². The number of ether oxygens (including phenoxy) is 1. The fourth-order valence-corrected chi connectivity index (χ4v) is 9.49. The summed E-state index contributed by atoms with van der Waals surface area (Å²) in [6.07, 6.45) is 2.50. The van der Waals surface area contributed by atoms with E-state index in [0.717, 1.165) is 25.9 Å². The van der Waals surface area contributed by atoms with Gasteiger partial charge in [0.25, 0.3) is 0 Å². The summed E-state index contributed by atoms with van der Waals surface area (Å²) in [4.78, 5) is 2.26. The molecule has 28 heavy (non-hydrogen) atoms. The summed E-state index contributed by atoms with van der Waals surface area (Å²) in [6, 6.07) is -0.175. The van der Waals surface area contributed by atoms with Crippen molar-refractivity contribution in [3.05, 3.63) is 0 Å². The van der Waals surface area contributed by atoms with E-state index < -0.39 is 21.0 Å². The largest absolute Gasteiger partial charge is 0.388 e. The molecular formula is C21H40N2O4S. The molecule has 164 valence electrons. The van der Waals surface area contributed by atoms with Gasteiger partial charge in [-0.2, -0.15) is 4.31 Å². The van der Waals surface area contributed by atoms with Crippen LogP contribution >= 0.6 is 0 Å². The molecule has 3 unspecified atom stereocenters. The first-order valence-electron chi connectivity index (χ1n) is 10.9. The zero-order valence-corrected chi connectivity index (χ0v) is 19.4. The Hall–Kier alpha value is -0.210. The van der Waals surface area contributed by atoms with Crippen molar-refractivity contribution in [3.63, 3.8) is 0 Å². The molecule has 1 aliphatic heterocycles. The van der Waals surface area contributed by atoms with E-state index in [0.29, 0.717) is 32.1 Å². The van der Waals surface area contributed by atoms with Crippen LogP contribution in [0.1, 0.15) is 60.8 Å². The molecule has 0 spiro atoms. The Labute approximate surface area is 171 Å². The summed E-state index contributed by atoms with van der Waals surface area (Å²) in [6.45, 7) is 15.7. The topological polar surface area (TPSA) is 70.1 Å². The highest BCUT2D eigenvalue weighted by atomic mass is 32.2. The molecule has 7 heteroatoms. The lowest BCUT2D eigenvalue weighted by molar-refractivity contribution is -0.114. The van der Waals surface area contributed by atoms with Crippen LogP contribution in [0.15, 0.2) is 0 Å². The van der Waals surface area contributed by atoms with Crippen LogP contribution < -0.4 is 0 Å². The monoisotopic (exact) mass is 416 g/mol. The highest BCUT2D eigenvalue weighted by Gasteiger charge is 2.72. The van der Waals surface area contributed by atoms with E-state index in [4.69, 9.17) is 4.74 Å². The van der Waals surface area contributed by atoms with Gasteiger partial charge in [-0.3, -0.25) is 4.90 Å². The zero-order chi connectivity index (χ0) is 21.0. The maximum Gasteiger partial charge on any atom is 0.215 e. The standard InChI is InChI=1S/C21H40N2O4S/c1-16(2)23(17(3)4)28(25,26)15-20-8-7-18(19(20,5)6)13-21(20,24)14-22-9-11-27-12-10-22/h16-18,24H,7-15H2,1-6H3. The molecule has 0 aromatic carbocycles. The first-order chi connectivity index (χ1) is 12.9. The average molecular weight is 417 g/mol. The summed E-state index contributed by atoms with van der Waals surface area (Å²) in [5.41, 5.74) is -1.77. The number of morpholine rings is 1. The molecule has 0 aromatic rings. The third kappa shape index (κ3) is 3.45. The van der Waals surface area contributed by atoms with Crippen molar-refractivity contribution < 1.29 is 18.3 Å². The van der Waals surface area contributed by atoms with Gasteiger partial charge in [-0.05, 0) is 58.3 Å². The second kappa shape index (κ2) is 7.49. The van der Waals surface area contributed by atoms with Gasteiger partial charge in [-0.1, -0.05) is 13.8 Å². The van der Waals surface area contributed by atoms with Crippen LogP contribution in [0.25, 0.3) is 0 Å². The third-order valence-electron chi connectivity index (χ3n) is 8.01. The van der Waals surface area contributed by atoms with Gasteiger partial charge >= 0.3 is 0 Å². The van der Waals surface area contributed by atoms with Crippen LogP contribution in [-0.2, 0) is 14.8 Å². The summed E-state index contributed by atoms with van der Waals surface area (Å²) >= 11 is 0. The Morgan fingerprint density at radius 3 is 2.21 bits per heavy atom. The molecule has 1 N–H and O–H groups in total. The van der Waals surface area contributed by atoms with Crippen molar-refractivity contribution in [1.82, 2.24) is 9.21 Å². The Balaban J connectivity index is 1.96. The number of rotatable bonds is 7. The zero-order valence-electron chi connectivity index (χ0n) is 18.6. The molecule has 6 nitrogen and oxygen atoms in total. The Bertz CT molecular complexity index is 664. The van der Waals surface area contributed by atoms with Crippen LogP contribution in [0.4, 0.5) is 0 Å². The molecule has 0 amide bonds. The average Bonchev–Trinajstić information content (AvgIpc) is 2.86. The first kappa shape index (κ1) is 22.5. The molecule has 0 aromatic heterocycles. The Morgan fingerprint density at radius 1 is 1.14 bits per heavy atom. The molecule has 3 fully saturated rings. The van der Waals surface area contributed by atoms with Crippen LogP contribution in [0, 0.1) is 16.7 Å². The van der Waals surface area contributed by atoms with E-state index in [2.05, 4.69) is 18.7 Å². The molecule has 3 aliphatic rings. The number of sulfonamides is 1. The van der Waals surface area contributed by atoms with Gasteiger partial charge in [0.1, 0.15) is 0 Å². The normalized spacial score (nSPS) is 36.1. The molecule has 3 atom stereocenters. The van der Waals surface area contributed by atoms with E-state index >= 15 is 0 Å². The second-order valence-electron chi connectivity index (χ2n) is 10.4. The van der Waals surface area contributed by atoms with Crippen molar-refractivity contribution in [3.8, 4) is 0 Å². The van der Waals surface area contributed by atoms with E-state index in [1.165, 1.54) is 0 Å². The number of hydrogen-bond acceptors (Lipinski definition) is 5. The maximum atomic E-state index is 13.6. The van der Waals surface area contributed by atoms with E-state index in [1.807, 2.05) is 27.7 Å². The second-order valence-corrected chi connectivity index (χ2v) is 12.3. The van der Waals surface area contributed by atoms with Gasteiger partial charge in [0.15, 0.2) is 0 Å². The summed E-state index contributed by atoms with van der Waals surface area (Å²) < 4.78 is 34.3. The van der Waals surface area contributed by atoms with E-state index in [-0.39, 0.29) is 23.3 Å². The minimum atomic E-state index is -3.50. The minimum absolute atomic E-state index is 0.0424. The van der Waals surface area contributed by atoms with Gasteiger partial charge in [0.05, 0.1) is 24.6 Å². The lowest BCUT2D eigenvalue weighted by Gasteiger charge is -2.50. The number of fused-ring (bicyclic) bond motifs is 2. The minimum Gasteiger partial charge on any atom is -0.388 e. The van der Waals surface area contributed by atoms with Crippen LogP contribution in [0.2, 0.25) is 0 Å². The quantitative estimate of drug-likeness (QED) is 0.690. The van der Waals surface area contributed by atoms with E-state index in [9.17, 15) is 13.5 Å². The number of aliphatic hydroxyl groups is 1. The van der Waals surface area contributed by atoms with Crippen molar-refractivity contribution in [2.24, 2.45) is 16.7 Å². The van der Waals surface area contributed by atoms with Crippen molar-refractivity contribution in [2.45, 2.75) is 78.5 Å². The number of β-amino-alcohol motifs (C(OH)–C–C–N with tert-alkyl or cyclic N) is 1. The molecule has 2 saturated carbocycles. The molecule has 1 heterocycles. The predicted molar refractivity (Wildman–Crippen MR) is 112 cm³/mol. The highest BCUT2D eigenvalue weighted by molar-refractivity contribution is 7.89. The van der Waals surface area contributed by atoms with Crippen LogP contribution in [0.5, 0.6) is 0 Å². The molecule has 2 bridgehead atoms. The highest BCUT2D eigenvalue weighted by Crippen LogP contribution is 2.70. The van der Waals surface area contributed by atoms with Crippen molar-refractivity contribution in [1.29, 1.82) is 0 Å². The lowest BCUT2D eigenvalue weighted by atomic mass is 9.64. The summed E-state index contributed by atoms with van der Waals surface area (Å²) in [5, 5.41) is 12.0. The maximum absolute atomic E-state index is 13.6. The van der Waals surface area contributed by atoms with Crippen LogP contribution in [0.3, 0.4) is 0 Å². The predicted octanol–water partition coefficient (Wildman–Crippen LogP) is 2.32. The number of nitrogens with zero attached hydrogens (tertiary/aromatic N) is 2. The smallest absolute Gasteiger partial charge is 0.215 e. The lowest BCUT2D eigenvalue weighted by Crippen LogP contribution is -2.61. The van der Waals surface area contributed by atoms with Gasteiger partial charge in [-0.25, -0.2) is 8.42 Å². The summed E-state index contributed by atoms with van der Waals surface area (Å²) in [7, 11) is -3.50. The SMILES string of the molecule is CC(C)N(C(C)C)S(=O)(=O)CC12CCC(CC1(O)CN1CCOCC1)C2(C)C. The fraction of sp³-hybridized carbons (Fsp3) is 1.00. The van der Waals surface area contributed by atoms with Crippen LogP contribution in [-0.4, -0.2) is 79.0 Å². The third-order valence-corrected chi connectivity index (χ3v) is 10.3. The van der Waals surface area contributed by atoms with Gasteiger partial charge in [0, 0.05) is 37.1 Å². The Morgan fingerprint density at radius 2 is 1.71 bits per heavy atom. The van der Waals surface area contributed by atoms with Gasteiger partial charge < -0.3 is 9.84 Å². The molecular weight excluding hydrogens is 376 g/mol. The fourth-order valence-electron chi connectivity index (χ4n) is 6.65. The van der Waals surface area contributed by atoms with E-state index in [1.54, 1.807) is 4.31 Å². The van der Waals surface area contributed by atoms with Gasteiger partial charge in [-0.15, -0.1) is 0 Å². The Kier molecular flexibility index (Phi) is 6.01. The van der Waals surface area contributed by atoms with Crippen molar-refractivity contribution in [2.75, 3.05) is 38.6 Å². The molecule has 0 radical (unpaired) electrons. The molecule has 3 rings (SSSR count). The number of hydrogen-bond donors (Lipinski definition) is 1. The first-order valence-corrected chi connectivity index (χ1v) is 12.5.